The molecule has 2 aromatic rings. The fourth-order valence-corrected chi connectivity index (χ4v) is 3.42. The average molecular weight is 428 g/mol. The van der Waals surface area contributed by atoms with Crippen LogP contribution in [0.5, 0.6) is 11.5 Å². The van der Waals surface area contributed by atoms with Crippen molar-refractivity contribution in [3.8, 4) is 11.5 Å². The van der Waals surface area contributed by atoms with Gasteiger partial charge in [0, 0.05) is 37.1 Å². The van der Waals surface area contributed by atoms with Crippen molar-refractivity contribution in [1.82, 2.24) is 4.90 Å². The normalized spacial score (nSPS) is 13.5. The molecule has 0 spiro atoms. The lowest BCUT2D eigenvalue weighted by Gasteiger charge is -2.29. The Bertz CT molecular complexity index is 895. The summed E-state index contributed by atoms with van der Waals surface area (Å²) >= 11 is 0. The number of rotatable bonds is 8. The summed E-state index contributed by atoms with van der Waals surface area (Å²) in [6.45, 7) is 5.31. The van der Waals surface area contributed by atoms with Crippen molar-refractivity contribution in [3.63, 3.8) is 0 Å². The van der Waals surface area contributed by atoms with E-state index in [1.54, 1.807) is 25.3 Å². The van der Waals surface area contributed by atoms with E-state index in [9.17, 15) is 9.59 Å². The fraction of sp³-hybridized carbons (Fsp3) is 0.391. The third kappa shape index (κ3) is 5.67. The van der Waals surface area contributed by atoms with E-state index >= 15 is 0 Å². The molecule has 2 aromatic carbocycles. The number of nitrogens with zero attached hydrogens (tertiary/aromatic N) is 2. The van der Waals surface area contributed by atoms with Crippen molar-refractivity contribution < 1.29 is 23.8 Å². The van der Waals surface area contributed by atoms with Crippen molar-refractivity contribution >= 4 is 23.2 Å². The van der Waals surface area contributed by atoms with Gasteiger partial charge in [-0.1, -0.05) is 0 Å². The molecule has 8 heteroatoms. The van der Waals surface area contributed by atoms with E-state index in [0.717, 1.165) is 32.0 Å². The topological polar surface area (TPSA) is 80.3 Å². The van der Waals surface area contributed by atoms with Gasteiger partial charge in [0.15, 0.2) is 0 Å². The number of likely N-dealkylation sites (N-methyl/N-ethyl adjacent to an activating group) is 1. The van der Waals surface area contributed by atoms with Crippen LogP contribution in [-0.2, 0) is 9.53 Å². The van der Waals surface area contributed by atoms with Crippen LogP contribution >= 0.6 is 0 Å². The number of carbonyl (C=O) groups is 2. The summed E-state index contributed by atoms with van der Waals surface area (Å²) in [5, 5.41) is 2.86. The van der Waals surface area contributed by atoms with Crippen molar-refractivity contribution in [2.75, 3.05) is 63.8 Å². The van der Waals surface area contributed by atoms with Gasteiger partial charge in [0.05, 0.1) is 33.0 Å². The SMILES string of the molecule is CCN(CC(=O)Nc1ccc(N2CCOCC2)cc1)C(=O)c1ccc(OC)cc1OC. The van der Waals surface area contributed by atoms with E-state index in [-0.39, 0.29) is 18.4 Å². The number of carbonyl (C=O) groups excluding carboxylic acids is 2. The monoisotopic (exact) mass is 427 g/mol. The van der Waals surface area contributed by atoms with E-state index in [2.05, 4.69) is 10.2 Å². The molecular weight excluding hydrogens is 398 g/mol. The van der Waals surface area contributed by atoms with Crippen LogP contribution in [-0.4, -0.2) is 70.3 Å². The van der Waals surface area contributed by atoms with E-state index in [0.29, 0.717) is 29.3 Å². The van der Waals surface area contributed by atoms with Crippen LogP contribution in [0.25, 0.3) is 0 Å². The van der Waals surface area contributed by atoms with Crippen molar-refractivity contribution in [2.24, 2.45) is 0 Å². The molecule has 0 unspecified atom stereocenters. The Balaban J connectivity index is 1.62. The molecule has 3 rings (SSSR count). The van der Waals surface area contributed by atoms with Crippen LogP contribution in [0.2, 0.25) is 0 Å². The number of hydrogen-bond acceptors (Lipinski definition) is 6. The van der Waals surface area contributed by atoms with Crippen molar-refractivity contribution in [3.05, 3.63) is 48.0 Å². The predicted octanol–water partition coefficient (Wildman–Crippen LogP) is 2.64. The van der Waals surface area contributed by atoms with Gasteiger partial charge in [-0.15, -0.1) is 0 Å². The second-order valence-electron chi connectivity index (χ2n) is 7.08. The number of morpholine rings is 1. The second kappa shape index (κ2) is 10.7. The molecule has 31 heavy (non-hydrogen) atoms. The van der Waals surface area contributed by atoms with Crippen LogP contribution in [0.1, 0.15) is 17.3 Å². The molecule has 1 fully saturated rings. The van der Waals surface area contributed by atoms with E-state index < -0.39 is 0 Å². The number of hydrogen-bond donors (Lipinski definition) is 1. The molecular formula is C23H29N3O5. The lowest BCUT2D eigenvalue weighted by Crippen LogP contribution is -2.38. The minimum atomic E-state index is -0.278. The summed E-state index contributed by atoms with van der Waals surface area (Å²) in [5.74, 6) is 0.457. The molecule has 0 aliphatic carbocycles. The van der Waals surface area contributed by atoms with Crippen LogP contribution in [0.3, 0.4) is 0 Å². The first kappa shape index (κ1) is 22.4. The molecule has 1 N–H and O–H groups in total. The van der Waals surface area contributed by atoms with E-state index in [4.69, 9.17) is 14.2 Å². The van der Waals surface area contributed by atoms with Gasteiger partial charge in [-0.05, 0) is 43.3 Å². The summed E-state index contributed by atoms with van der Waals surface area (Å²) in [6, 6.07) is 12.7. The molecule has 1 aliphatic heterocycles. The van der Waals surface area contributed by atoms with Gasteiger partial charge in [-0.25, -0.2) is 0 Å². The predicted molar refractivity (Wildman–Crippen MR) is 119 cm³/mol. The minimum absolute atomic E-state index is 0.0598. The highest BCUT2D eigenvalue weighted by Crippen LogP contribution is 2.26. The first-order valence-corrected chi connectivity index (χ1v) is 10.3. The average Bonchev–Trinajstić information content (AvgIpc) is 2.82. The zero-order chi connectivity index (χ0) is 22.2. The summed E-state index contributed by atoms with van der Waals surface area (Å²) in [6.07, 6.45) is 0. The molecule has 8 nitrogen and oxygen atoms in total. The lowest BCUT2D eigenvalue weighted by molar-refractivity contribution is -0.116. The van der Waals surface area contributed by atoms with Crippen LogP contribution in [0, 0.1) is 0 Å². The molecule has 0 aromatic heterocycles. The number of nitrogens with one attached hydrogen (secondary N) is 1. The fourth-order valence-electron chi connectivity index (χ4n) is 3.42. The summed E-state index contributed by atoms with van der Waals surface area (Å²) < 4.78 is 15.9. The first-order valence-electron chi connectivity index (χ1n) is 10.3. The summed E-state index contributed by atoms with van der Waals surface area (Å²) in [5.41, 5.74) is 2.17. The quantitative estimate of drug-likeness (QED) is 0.698. The van der Waals surface area contributed by atoms with Gasteiger partial charge in [-0.3, -0.25) is 9.59 Å². The lowest BCUT2D eigenvalue weighted by atomic mass is 10.1. The third-order valence-electron chi connectivity index (χ3n) is 5.17. The largest absolute Gasteiger partial charge is 0.497 e. The maximum atomic E-state index is 13.0. The van der Waals surface area contributed by atoms with Crippen molar-refractivity contribution in [1.29, 1.82) is 0 Å². The molecule has 1 heterocycles. The molecule has 0 atom stereocenters. The first-order chi connectivity index (χ1) is 15.0. The van der Waals surface area contributed by atoms with Crippen molar-refractivity contribution in [2.45, 2.75) is 6.92 Å². The zero-order valence-corrected chi connectivity index (χ0v) is 18.2. The number of anilines is 2. The molecule has 0 saturated carbocycles. The van der Waals surface area contributed by atoms with Gasteiger partial charge in [0.2, 0.25) is 5.91 Å². The Morgan fingerprint density at radius 1 is 1.06 bits per heavy atom. The van der Waals surface area contributed by atoms with Gasteiger partial charge >= 0.3 is 0 Å². The highest BCUT2D eigenvalue weighted by atomic mass is 16.5. The third-order valence-corrected chi connectivity index (χ3v) is 5.17. The maximum Gasteiger partial charge on any atom is 0.258 e. The molecule has 0 radical (unpaired) electrons. The molecule has 0 bridgehead atoms. The Morgan fingerprint density at radius 2 is 1.77 bits per heavy atom. The Hall–Kier alpha value is -3.26. The summed E-state index contributed by atoms with van der Waals surface area (Å²) in [4.78, 5) is 29.3. The number of amides is 2. The zero-order valence-electron chi connectivity index (χ0n) is 18.2. The number of benzene rings is 2. The number of methoxy groups -OCH3 is 2. The van der Waals surface area contributed by atoms with E-state index in [1.165, 1.54) is 12.0 Å². The summed E-state index contributed by atoms with van der Waals surface area (Å²) in [7, 11) is 3.04. The molecule has 166 valence electrons. The Morgan fingerprint density at radius 3 is 2.39 bits per heavy atom. The highest BCUT2D eigenvalue weighted by molar-refractivity contribution is 6.01. The van der Waals surface area contributed by atoms with Gasteiger partial charge in [-0.2, -0.15) is 0 Å². The molecule has 2 amide bonds. The number of ether oxygens (including phenoxy) is 3. The van der Waals surface area contributed by atoms with E-state index in [1.807, 2.05) is 31.2 Å². The Labute approximate surface area is 182 Å². The van der Waals surface area contributed by atoms with Crippen LogP contribution < -0.4 is 19.7 Å². The minimum Gasteiger partial charge on any atom is -0.497 e. The van der Waals surface area contributed by atoms with Crippen LogP contribution in [0.15, 0.2) is 42.5 Å². The van der Waals surface area contributed by atoms with Gasteiger partial charge in [0.25, 0.3) is 5.91 Å². The highest BCUT2D eigenvalue weighted by Gasteiger charge is 2.21. The maximum absolute atomic E-state index is 13.0. The Kier molecular flexibility index (Phi) is 7.72. The molecule has 1 aliphatic rings. The van der Waals surface area contributed by atoms with Gasteiger partial charge in [0.1, 0.15) is 18.0 Å². The second-order valence-corrected chi connectivity index (χ2v) is 7.08. The smallest absolute Gasteiger partial charge is 0.258 e. The van der Waals surface area contributed by atoms with Crippen LogP contribution in [0.4, 0.5) is 11.4 Å². The standard InChI is InChI=1S/C23H29N3O5/c1-4-25(23(28)20-10-9-19(29-2)15-21(20)30-3)16-22(27)24-17-5-7-18(8-6-17)26-11-13-31-14-12-26/h5-10,15H,4,11-14,16H2,1-3H3,(H,24,27). The van der Waals surface area contributed by atoms with Gasteiger partial charge < -0.3 is 29.3 Å². The molecule has 1 saturated heterocycles.